The molecular formula is C7H14F4N2. The Morgan fingerprint density at radius 3 is 2.23 bits per heavy atom. The minimum Gasteiger partial charge on any atom is -0.313 e. The summed E-state index contributed by atoms with van der Waals surface area (Å²) >= 11 is 0. The number of hydrogen-bond acceptors (Lipinski definition) is 2. The molecule has 0 spiro atoms. The summed E-state index contributed by atoms with van der Waals surface area (Å²) in [5, 5.41) is 2.57. The van der Waals surface area contributed by atoms with Gasteiger partial charge in [-0.25, -0.2) is 0 Å². The van der Waals surface area contributed by atoms with Gasteiger partial charge in [-0.05, 0) is 0 Å². The normalized spacial score (nSPS) is 12.9. The van der Waals surface area contributed by atoms with Crippen molar-refractivity contribution in [2.45, 2.75) is 26.1 Å². The molecule has 6 heteroatoms. The molecule has 1 N–H and O–H groups in total. The smallest absolute Gasteiger partial charge is 0.313 e. The number of nitrogens with zero attached hydrogens (tertiary/aromatic N) is 1. The van der Waals surface area contributed by atoms with Crippen LogP contribution in [0.5, 0.6) is 0 Å². The predicted molar refractivity (Wildman–Crippen MR) is 41.9 cm³/mol. The van der Waals surface area contributed by atoms with Gasteiger partial charge >= 0.3 is 6.18 Å². The summed E-state index contributed by atoms with van der Waals surface area (Å²) in [6.45, 7) is 2.13. The van der Waals surface area contributed by atoms with Crippen LogP contribution in [0.3, 0.4) is 0 Å². The molecule has 0 radical (unpaired) electrons. The maximum absolute atomic E-state index is 12.4. The lowest BCUT2D eigenvalue weighted by Crippen LogP contribution is -2.35. The van der Waals surface area contributed by atoms with Crippen molar-refractivity contribution in [1.29, 1.82) is 0 Å². The monoisotopic (exact) mass is 202 g/mol. The van der Waals surface area contributed by atoms with Gasteiger partial charge in [0.1, 0.15) is 6.54 Å². The number of alkyl halides is 3. The molecule has 0 aromatic rings. The SMILES string of the molecule is CC(C)NCCN(F)CC(F)(F)F. The Morgan fingerprint density at radius 1 is 1.31 bits per heavy atom. The molecule has 0 bridgehead atoms. The van der Waals surface area contributed by atoms with Crippen LogP contribution in [0.4, 0.5) is 17.7 Å². The molecule has 80 valence electrons. The predicted octanol–water partition coefficient (Wildman–Crippen LogP) is 1.73. The van der Waals surface area contributed by atoms with E-state index in [0.717, 1.165) is 0 Å². The molecule has 0 aliphatic rings. The van der Waals surface area contributed by atoms with E-state index in [9.17, 15) is 17.7 Å². The van der Waals surface area contributed by atoms with E-state index in [1.165, 1.54) is 0 Å². The minimum absolute atomic E-state index is 0.152. The quantitative estimate of drug-likeness (QED) is 0.539. The minimum atomic E-state index is -4.47. The molecule has 13 heavy (non-hydrogen) atoms. The van der Waals surface area contributed by atoms with Crippen LogP contribution in [0.2, 0.25) is 0 Å². The van der Waals surface area contributed by atoms with Crippen LogP contribution in [0.25, 0.3) is 0 Å². The molecular weight excluding hydrogens is 188 g/mol. The largest absolute Gasteiger partial charge is 0.403 e. The summed E-state index contributed by atoms with van der Waals surface area (Å²) in [5.41, 5.74) is 0. The zero-order valence-electron chi connectivity index (χ0n) is 7.66. The first-order chi connectivity index (χ1) is 5.81. The molecule has 0 saturated carbocycles. The van der Waals surface area contributed by atoms with Crippen LogP contribution >= 0.6 is 0 Å². The Bertz CT molecular complexity index is 135. The van der Waals surface area contributed by atoms with Crippen molar-refractivity contribution >= 4 is 0 Å². The molecule has 0 amide bonds. The second-order valence-electron chi connectivity index (χ2n) is 3.07. The van der Waals surface area contributed by atoms with Gasteiger partial charge in [-0.1, -0.05) is 13.8 Å². The van der Waals surface area contributed by atoms with Crippen molar-refractivity contribution in [3.05, 3.63) is 0 Å². The highest BCUT2D eigenvalue weighted by molar-refractivity contribution is 4.58. The summed E-state index contributed by atoms with van der Waals surface area (Å²) in [6, 6.07) is 0.152. The van der Waals surface area contributed by atoms with Crippen molar-refractivity contribution in [3.63, 3.8) is 0 Å². The molecule has 0 fully saturated rings. The number of hydrogen-bond donors (Lipinski definition) is 1. The van der Waals surface area contributed by atoms with E-state index in [0.29, 0.717) is 0 Å². The van der Waals surface area contributed by atoms with Gasteiger partial charge < -0.3 is 5.32 Å². The number of halogens is 4. The van der Waals surface area contributed by atoms with Gasteiger partial charge in [0.05, 0.1) is 0 Å². The molecule has 0 unspecified atom stereocenters. The molecule has 0 aliphatic carbocycles. The summed E-state index contributed by atoms with van der Waals surface area (Å²) in [7, 11) is 0. The summed E-state index contributed by atoms with van der Waals surface area (Å²) in [5.74, 6) is 0. The zero-order valence-corrected chi connectivity index (χ0v) is 7.66. The van der Waals surface area contributed by atoms with Crippen molar-refractivity contribution in [2.24, 2.45) is 0 Å². The Hall–Kier alpha value is -0.360. The van der Waals surface area contributed by atoms with E-state index in [2.05, 4.69) is 5.32 Å². The van der Waals surface area contributed by atoms with E-state index in [1.54, 1.807) is 0 Å². The Kier molecular flexibility index (Phi) is 5.24. The van der Waals surface area contributed by atoms with Crippen LogP contribution in [0, 0.1) is 0 Å². The Morgan fingerprint density at radius 2 is 1.85 bits per heavy atom. The fourth-order valence-corrected chi connectivity index (χ4v) is 0.748. The van der Waals surface area contributed by atoms with Gasteiger partial charge in [-0.2, -0.15) is 13.2 Å². The highest BCUT2D eigenvalue weighted by Crippen LogP contribution is 2.16. The van der Waals surface area contributed by atoms with E-state index >= 15 is 0 Å². The van der Waals surface area contributed by atoms with Gasteiger partial charge in [-0.15, -0.1) is 9.60 Å². The molecule has 0 aromatic carbocycles. The van der Waals surface area contributed by atoms with Gasteiger partial charge in [-0.3, -0.25) is 0 Å². The average molecular weight is 202 g/mol. The highest BCUT2D eigenvalue weighted by atomic mass is 19.4. The third-order valence-electron chi connectivity index (χ3n) is 1.26. The van der Waals surface area contributed by atoms with Crippen LogP contribution < -0.4 is 5.32 Å². The van der Waals surface area contributed by atoms with Gasteiger partial charge in [0, 0.05) is 19.1 Å². The third-order valence-corrected chi connectivity index (χ3v) is 1.26. The van der Waals surface area contributed by atoms with Crippen molar-refractivity contribution < 1.29 is 17.7 Å². The second-order valence-corrected chi connectivity index (χ2v) is 3.07. The summed E-state index contributed by atoms with van der Waals surface area (Å²) in [4.78, 5) is 0. The van der Waals surface area contributed by atoms with Gasteiger partial charge in [0.15, 0.2) is 0 Å². The van der Waals surface area contributed by atoms with E-state index < -0.39 is 12.7 Å². The number of rotatable bonds is 5. The van der Waals surface area contributed by atoms with E-state index in [1.807, 2.05) is 13.8 Å². The molecule has 0 atom stereocenters. The summed E-state index contributed by atoms with van der Waals surface area (Å²) < 4.78 is 47.2. The van der Waals surface area contributed by atoms with Crippen LogP contribution in [-0.4, -0.2) is 37.0 Å². The lowest BCUT2D eigenvalue weighted by atomic mass is 10.4. The molecule has 0 aliphatic heterocycles. The van der Waals surface area contributed by atoms with Crippen molar-refractivity contribution in [3.8, 4) is 0 Å². The number of nitrogens with one attached hydrogen (secondary N) is 1. The van der Waals surface area contributed by atoms with Gasteiger partial charge in [0.25, 0.3) is 0 Å². The fraction of sp³-hybridized carbons (Fsp3) is 1.00. The zero-order chi connectivity index (χ0) is 10.5. The standard InChI is InChI=1S/C7H14F4N2/c1-6(2)12-3-4-13(11)5-7(8,9)10/h6,12H,3-5H2,1-2H3. The molecule has 2 nitrogen and oxygen atoms in total. The van der Waals surface area contributed by atoms with E-state index in [-0.39, 0.29) is 24.3 Å². The maximum Gasteiger partial charge on any atom is 0.403 e. The topological polar surface area (TPSA) is 15.3 Å². The Labute approximate surface area is 74.8 Å². The first-order valence-corrected chi connectivity index (χ1v) is 4.02. The molecule has 0 saturated heterocycles. The second kappa shape index (κ2) is 5.39. The lowest BCUT2D eigenvalue weighted by molar-refractivity contribution is -0.175. The van der Waals surface area contributed by atoms with Crippen LogP contribution in [0.15, 0.2) is 0 Å². The van der Waals surface area contributed by atoms with Gasteiger partial charge in [0.2, 0.25) is 0 Å². The maximum atomic E-state index is 12.4. The first-order valence-electron chi connectivity index (χ1n) is 4.02. The van der Waals surface area contributed by atoms with Crippen molar-refractivity contribution in [1.82, 2.24) is 10.4 Å². The third kappa shape index (κ3) is 9.55. The van der Waals surface area contributed by atoms with Crippen LogP contribution in [0.1, 0.15) is 13.8 Å². The van der Waals surface area contributed by atoms with E-state index in [4.69, 9.17) is 0 Å². The Balaban J connectivity index is 3.46. The molecule has 0 rings (SSSR count). The fourth-order valence-electron chi connectivity index (χ4n) is 0.748. The average Bonchev–Trinajstić information content (AvgIpc) is 1.81. The van der Waals surface area contributed by atoms with Crippen LogP contribution in [-0.2, 0) is 0 Å². The highest BCUT2D eigenvalue weighted by Gasteiger charge is 2.30. The van der Waals surface area contributed by atoms with Crippen molar-refractivity contribution in [2.75, 3.05) is 19.6 Å². The summed E-state index contributed by atoms with van der Waals surface area (Å²) in [6.07, 6.45) is -4.47. The lowest BCUT2D eigenvalue weighted by Gasteiger charge is -2.15. The molecule has 0 heterocycles. The molecule has 0 aromatic heterocycles. The first kappa shape index (κ1) is 12.6.